The summed E-state index contributed by atoms with van der Waals surface area (Å²) in [6, 6.07) is 12.3. The van der Waals surface area contributed by atoms with Crippen molar-refractivity contribution >= 4 is 11.7 Å². The van der Waals surface area contributed by atoms with Gasteiger partial charge in [0, 0.05) is 6.04 Å². The number of carbonyl (C=O) groups excluding carboxylic acids is 1. The van der Waals surface area contributed by atoms with Crippen molar-refractivity contribution in [1.29, 1.82) is 0 Å². The molecular formula is C20H21F3N2O2. The lowest BCUT2D eigenvalue weighted by Crippen LogP contribution is -2.46. The molecule has 0 amide bonds. The summed E-state index contributed by atoms with van der Waals surface area (Å²) in [5.41, 5.74) is 0.710. The number of fused-ring (bicyclic) bond motifs is 1. The van der Waals surface area contributed by atoms with Crippen molar-refractivity contribution in [2.75, 3.05) is 5.01 Å². The lowest BCUT2D eigenvalue weighted by atomic mass is 9.84. The number of carbonyl (C=O) groups is 1. The van der Waals surface area contributed by atoms with E-state index >= 15 is 0 Å². The highest BCUT2D eigenvalue weighted by Gasteiger charge is 2.38. The molecule has 7 heteroatoms. The van der Waals surface area contributed by atoms with Gasteiger partial charge in [-0.15, -0.1) is 0 Å². The molecule has 3 rings (SSSR count). The van der Waals surface area contributed by atoms with Gasteiger partial charge in [0.25, 0.3) is 0 Å². The van der Waals surface area contributed by atoms with Crippen LogP contribution in [0.4, 0.5) is 18.9 Å². The van der Waals surface area contributed by atoms with Gasteiger partial charge in [-0.3, -0.25) is 4.79 Å². The molecule has 0 radical (unpaired) electrons. The average Bonchev–Trinajstić information content (AvgIpc) is 2.66. The van der Waals surface area contributed by atoms with Gasteiger partial charge in [0.05, 0.1) is 17.2 Å². The second-order valence-electron chi connectivity index (χ2n) is 6.62. The maximum atomic E-state index is 13.1. The third-order valence-electron chi connectivity index (χ3n) is 4.89. The summed E-state index contributed by atoms with van der Waals surface area (Å²) in [4.78, 5) is 12.7. The van der Waals surface area contributed by atoms with E-state index in [0.29, 0.717) is 18.5 Å². The van der Waals surface area contributed by atoms with Gasteiger partial charge < -0.3 is 9.75 Å². The molecule has 2 aromatic rings. The summed E-state index contributed by atoms with van der Waals surface area (Å²) in [6.07, 6.45) is -3.51. The van der Waals surface area contributed by atoms with Crippen LogP contribution in [0.3, 0.4) is 0 Å². The molecule has 0 saturated heterocycles. The molecule has 2 unspecified atom stereocenters. The van der Waals surface area contributed by atoms with Crippen LogP contribution in [0.25, 0.3) is 0 Å². The predicted molar refractivity (Wildman–Crippen MR) is 95.8 cm³/mol. The van der Waals surface area contributed by atoms with Crippen LogP contribution in [-0.2, 0) is 22.3 Å². The Kier molecular flexibility index (Phi) is 5.41. The zero-order valence-corrected chi connectivity index (χ0v) is 14.9. The van der Waals surface area contributed by atoms with E-state index in [1.54, 1.807) is 0 Å². The summed E-state index contributed by atoms with van der Waals surface area (Å²) in [5, 5.41) is 1.45. The van der Waals surface area contributed by atoms with Crippen molar-refractivity contribution < 1.29 is 22.7 Å². The van der Waals surface area contributed by atoms with Crippen molar-refractivity contribution in [2.45, 2.75) is 44.5 Å². The largest absolute Gasteiger partial charge is 0.460 e. The molecule has 144 valence electrons. The number of halogens is 3. The van der Waals surface area contributed by atoms with Crippen LogP contribution < -0.4 is 10.9 Å². The van der Waals surface area contributed by atoms with Gasteiger partial charge in [0.15, 0.2) is 0 Å². The van der Waals surface area contributed by atoms with Gasteiger partial charge in [-0.05, 0) is 42.2 Å². The summed E-state index contributed by atoms with van der Waals surface area (Å²) in [5.74, 6) is 4.77. The first-order valence-electron chi connectivity index (χ1n) is 8.77. The Morgan fingerprint density at radius 1 is 1.22 bits per heavy atom. The molecule has 0 fully saturated rings. The maximum Gasteiger partial charge on any atom is 0.416 e. The molecule has 1 aliphatic heterocycles. The fourth-order valence-corrected chi connectivity index (χ4v) is 3.37. The van der Waals surface area contributed by atoms with Gasteiger partial charge in [-0.1, -0.05) is 37.3 Å². The Morgan fingerprint density at radius 2 is 1.93 bits per heavy atom. The summed E-state index contributed by atoms with van der Waals surface area (Å²) < 4.78 is 44.8. The molecule has 0 aliphatic carbocycles. The number of ether oxygens (including phenoxy) is 1. The molecule has 0 saturated carbocycles. The number of hydrogen-bond donors (Lipinski definition) is 1. The van der Waals surface area contributed by atoms with E-state index in [4.69, 9.17) is 10.6 Å². The topological polar surface area (TPSA) is 55.6 Å². The van der Waals surface area contributed by atoms with Crippen LogP contribution in [0.2, 0.25) is 0 Å². The van der Waals surface area contributed by atoms with E-state index in [1.165, 1.54) is 11.1 Å². The predicted octanol–water partition coefficient (Wildman–Crippen LogP) is 4.39. The van der Waals surface area contributed by atoms with Gasteiger partial charge in [0.1, 0.15) is 6.61 Å². The number of rotatable bonds is 4. The van der Waals surface area contributed by atoms with Crippen molar-refractivity contribution in [3.63, 3.8) is 0 Å². The maximum absolute atomic E-state index is 13.1. The number of nitrogens with two attached hydrogens (primary N) is 1. The number of esters is 1. The highest BCUT2D eigenvalue weighted by Crippen LogP contribution is 2.41. The number of hydrazine groups is 1. The normalized spacial score (nSPS) is 19.5. The number of benzene rings is 2. The summed E-state index contributed by atoms with van der Waals surface area (Å²) in [6.45, 7) is 2.00. The van der Waals surface area contributed by atoms with Crippen LogP contribution >= 0.6 is 0 Å². The average molecular weight is 378 g/mol. The molecule has 4 nitrogen and oxygen atoms in total. The lowest BCUT2D eigenvalue weighted by Gasteiger charge is -2.38. The SMILES string of the molecule is CCC1CC(C(=O)OCc2ccccc2)c2cc(C(F)(F)F)ccc2N1N. The zero-order valence-electron chi connectivity index (χ0n) is 14.9. The van der Waals surface area contributed by atoms with Crippen molar-refractivity contribution in [3.05, 3.63) is 65.2 Å². The van der Waals surface area contributed by atoms with Crippen molar-refractivity contribution in [3.8, 4) is 0 Å². The minimum absolute atomic E-state index is 0.0770. The quantitative estimate of drug-likeness (QED) is 0.633. The van der Waals surface area contributed by atoms with Gasteiger partial charge in [0.2, 0.25) is 0 Å². The highest BCUT2D eigenvalue weighted by atomic mass is 19.4. The molecule has 1 heterocycles. The number of anilines is 1. The second-order valence-corrected chi connectivity index (χ2v) is 6.62. The van der Waals surface area contributed by atoms with Gasteiger partial charge in [-0.25, -0.2) is 5.84 Å². The van der Waals surface area contributed by atoms with Crippen LogP contribution in [-0.4, -0.2) is 12.0 Å². The van der Waals surface area contributed by atoms with Crippen LogP contribution in [0.15, 0.2) is 48.5 Å². The van der Waals surface area contributed by atoms with Crippen molar-refractivity contribution in [1.82, 2.24) is 0 Å². The van der Waals surface area contributed by atoms with Crippen molar-refractivity contribution in [2.24, 2.45) is 5.84 Å². The fraction of sp³-hybridized carbons (Fsp3) is 0.350. The first-order valence-corrected chi connectivity index (χ1v) is 8.77. The van der Waals surface area contributed by atoms with E-state index in [9.17, 15) is 18.0 Å². The molecule has 2 aromatic carbocycles. The van der Waals surface area contributed by atoms with E-state index in [1.807, 2.05) is 37.3 Å². The fourth-order valence-electron chi connectivity index (χ4n) is 3.37. The standard InChI is InChI=1S/C20H21F3N2O2/c1-2-15-11-17(19(26)27-12-13-6-4-3-5-7-13)16-10-14(20(21,22)23)8-9-18(16)25(15)24/h3-10,15,17H,2,11-12,24H2,1H3. The molecule has 0 aromatic heterocycles. The van der Waals surface area contributed by atoms with E-state index < -0.39 is 23.6 Å². The molecule has 2 atom stereocenters. The Balaban J connectivity index is 1.90. The molecule has 2 N–H and O–H groups in total. The van der Waals surface area contributed by atoms with E-state index in [2.05, 4.69) is 0 Å². The Hall–Kier alpha value is -2.54. The highest BCUT2D eigenvalue weighted by molar-refractivity contribution is 5.82. The number of hydrogen-bond acceptors (Lipinski definition) is 4. The molecule has 0 spiro atoms. The molecule has 1 aliphatic rings. The smallest absolute Gasteiger partial charge is 0.416 e. The van der Waals surface area contributed by atoms with E-state index in [0.717, 1.165) is 17.7 Å². The Morgan fingerprint density at radius 3 is 2.56 bits per heavy atom. The minimum Gasteiger partial charge on any atom is -0.460 e. The molecule has 0 bridgehead atoms. The summed E-state index contributed by atoms with van der Waals surface area (Å²) >= 11 is 0. The lowest BCUT2D eigenvalue weighted by molar-refractivity contribution is -0.147. The second kappa shape index (κ2) is 7.60. The molecular weight excluding hydrogens is 357 g/mol. The first kappa shape index (κ1) is 19.2. The van der Waals surface area contributed by atoms with Gasteiger partial charge >= 0.3 is 12.1 Å². The third kappa shape index (κ3) is 4.08. The summed E-state index contributed by atoms with van der Waals surface area (Å²) in [7, 11) is 0. The van der Waals surface area contributed by atoms with Crippen LogP contribution in [0, 0.1) is 0 Å². The Bertz CT molecular complexity index is 809. The molecule has 27 heavy (non-hydrogen) atoms. The first-order chi connectivity index (χ1) is 12.8. The Labute approximate surface area is 155 Å². The third-order valence-corrected chi connectivity index (χ3v) is 4.89. The minimum atomic E-state index is -4.49. The van der Waals surface area contributed by atoms with Crippen LogP contribution in [0.5, 0.6) is 0 Å². The number of nitrogens with zero attached hydrogens (tertiary/aromatic N) is 1. The van der Waals surface area contributed by atoms with Crippen LogP contribution in [0.1, 0.15) is 42.4 Å². The monoisotopic (exact) mass is 378 g/mol. The van der Waals surface area contributed by atoms with E-state index in [-0.39, 0.29) is 18.2 Å². The van der Waals surface area contributed by atoms with Gasteiger partial charge in [-0.2, -0.15) is 13.2 Å². The zero-order chi connectivity index (χ0) is 19.6. The number of alkyl halides is 3.